The van der Waals surface area contributed by atoms with Crippen LogP contribution in [0.3, 0.4) is 0 Å². The zero-order valence-corrected chi connectivity index (χ0v) is 10.4. The summed E-state index contributed by atoms with van der Waals surface area (Å²) in [5.74, 6) is 0. The highest BCUT2D eigenvalue weighted by atomic mass is 35.5. The lowest BCUT2D eigenvalue weighted by atomic mass is 10.2. The van der Waals surface area contributed by atoms with Gasteiger partial charge in [0.05, 0.1) is 9.79 Å². The van der Waals surface area contributed by atoms with Gasteiger partial charge in [0, 0.05) is 0 Å². The van der Waals surface area contributed by atoms with E-state index in [0.29, 0.717) is 6.07 Å². The zero-order chi connectivity index (χ0) is 11.9. The van der Waals surface area contributed by atoms with Gasteiger partial charge in [-0.15, -0.1) is 12.4 Å². The van der Waals surface area contributed by atoms with E-state index in [1.165, 1.54) is 13.0 Å². The molecule has 0 aliphatic heterocycles. The van der Waals surface area contributed by atoms with Gasteiger partial charge in [-0.3, -0.25) is 9.11 Å². The van der Waals surface area contributed by atoms with E-state index in [0.717, 1.165) is 6.07 Å². The Morgan fingerprint density at radius 1 is 1.00 bits per heavy atom. The summed E-state index contributed by atoms with van der Waals surface area (Å²) in [6.45, 7) is 1.39. The minimum absolute atomic E-state index is 0. The molecule has 92 valence electrons. The number of halogens is 1. The highest BCUT2D eigenvalue weighted by Gasteiger charge is 2.18. The average Bonchev–Trinajstić information content (AvgIpc) is 2.00. The van der Waals surface area contributed by atoms with E-state index < -0.39 is 30.0 Å². The summed E-state index contributed by atoms with van der Waals surface area (Å²) in [7, 11) is -8.97. The Balaban J connectivity index is 0.00000225. The first-order valence-electron chi connectivity index (χ1n) is 3.68. The summed E-state index contributed by atoms with van der Waals surface area (Å²) in [5.41, 5.74) is 0.185. The van der Waals surface area contributed by atoms with Gasteiger partial charge in [0.2, 0.25) is 0 Å². The minimum atomic E-state index is -4.49. The van der Waals surface area contributed by atoms with Crippen molar-refractivity contribution >= 4 is 32.6 Å². The molecule has 0 saturated heterocycles. The first-order valence-corrected chi connectivity index (χ1v) is 6.56. The standard InChI is InChI=1S/C7H8O6S2.ClH/c1-5-2-3-6(14(8,9)10)4-7(5)15(11,12)13;/h2-4H,1H3,(H,8,9,10)(H,11,12,13);1H. The average molecular weight is 289 g/mol. The molecule has 6 nitrogen and oxygen atoms in total. The molecule has 0 aliphatic carbocycles. The smallest absolute Gasteiger partial charge is 0.282 e. The quantitative estimate of drug-likeness (QED) is 0.783. The molecule has 0 saturated carbocycles. The Morgan fingerprint density at radius 3 is 1.88 bits per heavy atom. The molecule has 1 aromatic rings. The predicted octanol–water partition coefficient (Wildman–Crippen LogP) is 0.910. The SMILES string of the molecule is Cc1ccc(S(=O)(=O)O)cc1S(=O)(=O)O.Cl. The second-order valence-corrected chi connectivity index (χ2v) is 5.69. The van der Waals surface area contributed by atoms with Gasteiger partial charge in [-0.05, 0) is 24.6 Å². The summed E-state index contributed by atoms with van der Waals surface area (Å²) >= 11 is 0. The second kappa shape index (κ2) is 4.68. The summed E-state index contributed by atoms with van der Waals surface area (Å²) in [4.78, 5) is -1.13. The molecule has 0 spiro atoms. The molecule has 0 aliphatic rings. The van der Waals surface area contributed by atoms with Crippen LogP contribution in [0.2, 0.25) is 0 Å². The van der Waals surface area contributed by atoms with Crippen LogP contribution >= 0.6 is 12.4 Å². The van der Waals surface area contributed by atoms with Gasteiger partial charge < -0.3 is 0 Å². The van der Waals surface area contributed by atoms with E-state index in [-0.39, 0.29) is 18.0 Å². The monoisotopic (exact) mass is 288 g/mol. The summed E-state index contributed by atoms with van der Waals surface area (Å²) in [6, 6.07) is 2.91. The van der Waals surface area contributed by atoms with Crippen LogP contribution in [0.5, 0.6) is 0 Å². The Bertz CT molecular complexity index is 589. The Labute approximate surface area is 99.2 Å². The molecular weight excluding hydrogens is 280 g/mol. The van der Waals surface area contributed by atoms with Crippen molar-refractivity contribution in [3.63, 3.8) is 0 Å². The van der Waals surface area contributed by atoms with E-state index in [2.05, 4.69) is 0 Å². The largest absolute Gasteiger partial charge is 0.294 e. The maximum atomic E-state index is 10.8. The maximum absolute atomic E-state index is 10.8. The molecule has 0 heterocycles. The van der Waals surface area contributed by atoms with Crippen LogP contribution in [0.15, 0.2) is 28.0 Å². The van der Waals surface area contributed by atoms with Gasteiger partial charge in [-0.1, -0.05) is 6.07 Å². The van der Waals surface area contributed by atoms with Crippen LogP contribution in [-0.2, 0) is 20.2 Å². The molecule has 0 unspecified atom stereocenters. The number of hydrogen-bond donors (Lipinski definition) is 2. The molecule has 2 N–H and O–H groups in total. The summed E-state index contributed by atoms with van der Waals surface area (Å²) < 4.78 is 60.5. The third-order valence-electron chi connectivity index (χ3n) is 1.74. The highest BCUT2D eigenvalue weighted by Crippen LogP contribution is 2.19. The van der Waals surface area contributed by atoms with Crippen LogP contribution in [0, 0.1) is 6.92 Å². The number of rotatable bonds is 2. The fraction of sp³-hybridized carbons (Fsp3) is 0.143. The highest BCUT2D eigenvalue weighted by molar-refractivity contribution is 7.86. The molecule has 9 heteroatoms. The van der Waals surface area contributed by atoms with E-state index in [9.17, 15) is 16.8 Å². The normalized spacial score (nSPS) is 11.9. The van der Waals surface area contributed by atoms with E-state index in [1.54, 1.807) is 0 Å². The minimum Gasteiger partial charge on any atom is -0.282 e. The third-order valence-corrected chi connectivity index (χ3v) is 3.58. The Morgan fingerprint density at radius 2 is 1.50 bits per heavy atom. The molecule has 0 radical (unpaired) electrons. The lowest BCUT2D eigenvalue weighted by Crippen LogP contribution is -2.04. The van der Waals surface area contributed by atoms with Crippen LogP contribution in [-0.4, -0.2) is 25.9 Å². The fourth-order valence-corrected chi connectivity index (χ4v) is 2.35. The van der Waals surface area contributed by atoms with Crippen LogP contribution in [0.4, 0.5) is 0 Å². The molecule has 0 atom stereocenters. The van der Waals surface area contributed by atoms with Crippen LogP contribution < -0.4 is 0 Å². The van der Waals surface area contributed by atoms with Crippen molar-refractivity contribution < 1.29 is 25.9 Å². The van der Waals surface area contributed by atoms with Gasteiger partial charge in [0.25, 0.3) is 20.2 Å². The molecule has 16 heavy (non-hydrogen) atoms. The van der Waals surface area contributed by atoms with E-state index >= 15 is 0 Å². The van der Waals surface area contributed by atoms with Crippen molar-refractivity contribution in [3.05, 3.63) is 23.8 Å². The molecule has 0 aromatic heterocycles. The van der Waals surface area contributed by atoms with Gasteiger partial charge in [0.15, 0.2) is 0 Å². The van der Waals surface area contributed by atoms with Crippen molar-refractivity contribution in [2.45, 2.75) is 16.7 Å². The first kappa shape index (κ1) is 15.3. The lowest BCUT2D eigenvalue weighted by molar-refractivity contribution is 0.480. The number of benzene rings is 1. The molecular formula is C7H9ClO6S2. The maximum Gasteiger partial charge on any atom is 0.294 e. The Hall–Kier alpha value is -0.670. The third kappa shape index (κ3) is 3.42. The van der Waals surface area contributed by atoms with Crippen LogP contribution in [0.25, 0.3) is 0 Å². The van der Waals surface area contributed by atoms with E-state index in [1.807, 2.05) is 0 Å². The molecule has 0 fully saturated rings. The first-order chi connectivity index (χ1) is 6.62. The molecule has 0 amide bonds. The van der Waals surface area contributed by atoms with Crippen LogP contribution in [0.1, 0.15) is 5.56 Å². The van der Waals surface area contributed by atoms with Gasteiger partial charge in [-0.2, -0.15) is 16.8 Å². The van der Waals surface area contributed by atoms with Gasteiger partial charge >= 0.3 is 0 Å². The zero-order valence-electron chi connectivity index (χ0n) is 7.98. The van der Waals surface area contributed by atoms with Crippen molar-refractivity contribution in [3.8, 4) is 0 Å². The van der Waals surface area contributed by atoms with Crippen molar-refractivity contribution in [2.75, 3.05) is 0 Å². The summed E-state index contributed by atoms with van der Waals surface area (Å²) in [6.07, 6.45) is 0. The topological polar surface area (TPSA) is 109 Å². The number of hydrogen-bond acceptors (Lipinski definition) is 4. The van der Waals surface area contributed by atoms with Gasteiger partial charge in [-0.25, -0.2) is 0 Å². The molecule has 0 bridgehead atoms. The van der Waals surface area contributed by atoms with Crippen molar-refractivity contribution in [1.29, 1.82) is 0 Å². The lowest BCUT2D eigenvalue weighted by Gasteiger charge is -2.03. The Kier molecular flexibility index (Phi) is 4.48. The van der Waals surface area contributed by atoms with Crippen molar-refractivity contribution in [1.82, 2.24) is 0 Å². The predicted molar refractivity (Wildman–Crippen MR) is 58.1 cm³/mol. The number of aryl methyl sites for hydroxylation is 1. The molecule has 1 aromatic carbocycles. The van der Waals surface area contributed by atoms with Gasteiger partial charge in [0.1, 0.15) is 0 Å². The second-order valence-electron chi connectivity index (χ2n) is 2.88. The van der Waals surface area contributed by atoms with E-state index in [4.69, 9.17) is 9.11 Å². The fourth-order valence-electron chi connectivity index (χ4n) is 1.02. The van der Waals surface area contributed by atoms with Crippen molar-refractivity contribution in [2.24, 2.45) is 0 Å². The molecule has 1 rings (SSSR count). The summed E-state index contributed by atoms with van der Waals surface area (Å²) in [5, 5.41) is 0.